The number of piperazine rings is 1. The van der Waals surface area contributed by atoms with E-state index in [1.165, 1.54) is 0 Å². The number of piperidine rings is 1. The average Bonchev–Trinajstić information content (AvgIpc) is 3.23. The Kier molecular flexibility index (Phi) is 5.25. The minimum absolute atomic E-state index is 0.0321. The number of hydrogen-bond donors (Lipinski definition) is 1. The van der Waals surface area contributed by atoms with Gasteiger partial charge in [0.15, 0.2) is 0 Å². The fraction of sp³-hybridized carbons (Fsp3) is 0.391. The normalized spacial score (nSPS) is 20.0. The number of amides is 1. The van der Waals surface area contributed by atoms with E-state index >= 15 is 0 Å². The van der Waals surface area contributed by atoms with Gasteiger partial charge in [0.2, 0.25) is 11.9 Å². The van der Waals surface area contributed by atoms with Gasteiger partial charge in [0.05, 0.1) is 17.0 Å². The molecule has 0 bridgehead atoms. The van der Waals surface area contributed by atoms with Gasteiger partial charge in [-0.1, -0.05) is 29.8 Å². The molecule has 30 heavy (non-hydrogen) atoms. The van der Waals surface area contributed by atoms with Gasteiger partial charge in [0.1, 0.15) is 0 Å². The molecule has 2 fully saturated rings. The molecule has 3 heterocycles. The van der Waals surface area contributed by atoms with Crippen molar-refractivity contribution < 1.29 is 4.79 Å². The number of aromatic amines is 1. The Bertz CT molecular complexity index is 1010. The van der Waals surface area contributed by atoms with Gasteiger partial charge in [-0.2, -0.15) is 0 Å². The number of benzene rings is 2. The molecule has 2 aromatic carbocycles. The molecule has 7 heteroatoms. The summed E-state index contributed by atoms with van der Waals surface area (Å²) in [6.07, 6.45) is 1.96. The number of anilines is 2. The smallest absolute Gasteiger partial charge is 0.227 e. The number of para-hydroxylation sites is 2. The first-order valence-corrected chi connectivity index (χ1v) is 11.0. The number of halogens is 1. The van der Waals surface area contributed by atoms with Crippen LogP contribution in [0.3, 0.4) is 0 Å². The molecule has 1 aromatic heterocycles. The van der Waals surface area contributed by atoms with E-state index in [0.29, 0.717) is 0 Å². The number of carbonyl (C=O) groups is 1. The van der Waals surface area contributed by atoms with Crippen LogP contribution >= 0.6 is 11.6 Å². The first kappa shape index (κ1) is 19.2. The van der Waals surface area contributed by atoms with Crippen LogP contribution in [0.4, 0.5) is 11.6 Å². The number of aromatic nitrogens is 2. The third-order valence-electron chi connectivity index (χ3n) is 6.21. The number of hydrogen-bond acceptors (Lipinski definition) is 4. The minimum atomic E-state index is 0.0321. The lowest BCUT2D eigenvalue weighted by molar-refractivity contribution is -0.136. The summed E-state index contributed by atoms with van der Waals surface area (Å²) in [6, 6.07) is 16.0. The number of carbonyl (C=O) groups excluding carboxylic acids is 1. The van der Waals surface area contributed by atoms with Gasteiger partial charge in [-0.25, -0.2) is 4.98 Å². The largest absolute Gasteiger partial charge is 0.368 e. The Balaban J connectivity index is 1.22. The Morgan fingerprint density at radius 2 is 1.83 bits per heavy atom. The van der Waals surface area contributed by atoms with Crippen LogP contribution < -0.4 is 9.80 Å². The zero-order valence-electron chi connectivity index (χ0n) is 16.9. The maximum absolute atomic E-state index is 13.2. The Labute approximate surface area is 181 Å². The Hall–Kier alpha value is -2.73. The second-order valence-electron chi connectivity index (χ2n) is 8.15. The first-order chi connectivity index (χ1) is 14.7. The van der Waals surface area contributed by atoms with Crippen LogP contribution in [0.2, 0.25) is 5.02 Å². The van der Waals surface area contributed by atoms with Crippen molar-refractivity contribution in [1.29, 1.82) is 0 Å². The highest BCUT2D eigenvalue weighted by atomic mass is 35.5. The van der Waals surface area contributed by atoms with Crippen LogP contribution in [0.5, 0.6) is 0 Å². The maximum atomic E-state index is 13.2. The maximum Gasteiger partial charge on any atom is 0.227 e. The van der Waals surface area contributed by atoms with Crippen LogP contribution in [0.25, 0.3) is 11.0 Å². The molecular formula is C23H26ClN5O. The van der Waals surface area contributed by atoms with Crippen molar-refractivity contribution in [3.05, 3.63) is 53.6 Å². The molecule has 3 aromatic rings. The molecular weight excluding hydrogens is 398 g/mol. The lowest BCUT2D eigenvalue weighted by Crippen LogP contribution is -2.52. The van der Waals surface area contributed by atoms with E-state index in [9.17, 15) is 4.79 Å². The highest BCUT2D eigenvalue weighted by Gasteiger charge is 2.32. The summed E-state index contributed by atoms with van der Waals surface area (Å²) in [5.74, 6) is 1.19. The third-order valence-corrected chi connectivity index (χ3v) is 6.45. The zero-order chi connectivity index (χ0) is 20.5. The lowest BCUT2D eigenvalue weighted by atomic mass is 9.96. The second kappa shape index (κ2) is 8.19. The summed E-state index contributed by atoms with van der Waals surface area (Å²) in [4.78, 5) is 27.9. The Morgan fingerprint density at radius 1 is 1.00 bits per heavy atom. The predicted molar refractivity (Wildman–Crippen MR) is 121 cm³/mol. The molecule has 156 valence electrons. The van der Waals surface area contributed by atoms with Crippen LogP contribution in [0.1, 0.15) is 12.8 Å². The third kappa shape index (κ3) is 3.84. The van der Waals surface area contributed by atoms with Gasteiger partial charge in [-0.05, 0) is 43.2 Å². The van der Waals surface area contributed by atoms with Gasteiger partial charge >= 0.3 is 0 Å². The zero-order valence-corrected chi connectivity index (χ0v) is 17.7. The monoisotopic (exact) mass is 423 g/mol. The summed E-state index contributed by atoms with van der Waals surface area (Å²) < 4.78 is 0. The highest BCUT2D eigenvalue weighted by molar-refractivity contribution is 6.30. The number of nitrogens with one attached hydrogen (secondary N) is 1. The number of nitrogens with zero attached hydrogens (tertiary/aromatic N) is 4. The fourth-order valence-corrected chi connectivity index (χ4v) is 4.76. The van der Waals surface area contributed by atoms with Gasteiger partial charge in [-0.3, -0.25) is 4.79 Å². The average molecular weight is 424 g/mol. The molecule has 2 aliphatic rings. The minimum Gasteiger partial charge on any atom is -0.368 e. The van der Waals surface area contributed by atoms with Gasteiger partial charge < -0.3 is 19.7 Å². The van der Waals surface area contributed by atoms with E-state index in [1.807, 2.05) is 47.4 Å². The van der Waals surface area contributed by atoms with Crippen LogP contribution in [0, 0.1) is 5.92 Å². The van der Waals surface area contributed by atoms with E-state index in [-0.39, 0.29) is 11.8 Å². The lowest BCUT2D eigenvalue weighted by Gasteiger charge is -2.39. The first-order valence-electron chi connectivity index (χ1n) is 10.7. The predicted octanol–water partition coefficient (Wildman–Crippen LogP) is 3.78. The number of H-pyrrole nitrogens is 1. The van der Waals surface area contributed by atoms with E-state index < -0.39 is 0 Å². The van der Waals surface area contributed by atoms with Gasteiger partial charge in [0.25, 0.3) is 0 Å². The molecule has 0 saturated carbocycles. The molecule has 2 aliphatic heterocycles. The molecule has 2 saturated heterocycles. The van der Waals surface area contributed by atoms with Crippen molar-refractivity contribution >= 4 is 40.2 Å². The molecule has 0 aliphatic carbocycles. The van der Waals surface area contributed by atoms with Crippen molar-refractivity contribution in [2.75, 3.05) is 49.1 Å². The highest BCUT2D eigenvalue weighted by Crippen LogP contribution is 2.26. The molecule has 1 amide bonds. The van der Waals surface area contributed by atoms with Gasteiger partial charge in [-0.15, -0.1) is 0 Å². The fourth-order valence-electron chi connectivity index (χ4n) is 4.58. The quantitative estimate of drug-likeness (QED) is 0.696. The van der Waals surface area contributed by atoms with E-state index in [4.69, 9.17) is 16.6 Å². The molecule has 6 nitrogen and oxygen atoms in total. The van der Waals surface area contributed by atoms with Crippen molar-refractivity contribution in [2.24, 2.45) is 5.92 Å². The number of rotatable bonds is 3. The molecule has 1 unspecified atom stereocenters. The summed E-state index contributed by atoms with van der Waals surface area (Å²) in [7, 11) is 0. The summed E-state index contributed by atoms with van der Waals surface area (Å²) in [5.41, 5.74) is 3.14. The second-order valence-corrected chi connectivity index (χ2v) is 8.59. The van der Waals surface area contributed by atoms with E-state index in [0.717, 1.165) is 79.8 Å². The molecule has 0 spiro atoms. The van der Waals surface area contributed by atoms with Crippen LogP contribution in [-0.4, -0.2) is 60.0 Å². The van der Waals surface area contributed by atoms with Crippen LogP contribution in [0.15, 0.2) is 48.5 Å². The summed E-state index contributed by atoms with van der Waals surface area (Å²) >= 11 is 6.13. The molecule has 1 atom stereocenters. The summed E-state index contributed by atoms with van der Waals surface area (Å²) in [5, 5.41) is 0.749. The SMILES string of the molecule is O=C(C1CCCN(c2nc3ccccc3[nH]2)C1)N1CCN(c2cccc(Cl)c2)CC1. The van der Waals surface area contributed by atoms with Crippen molar-refractivity contribution in [1.82, 2.24) is 14.9 Å². The van der Waals surface area contributed by atoms with Crippen molar-refractivity contribution in [3.63, 3.8) is 0 Å². The van der Waals surface area contributed by atoms with Gasteiger partial charge in [0, 0.05) is 50.0 Å². The summed E-state index contributed by atoms with van der Waals surface area (Å²) in [6.45, 7) is 4.86. The molecule has 0 radical (unpaired) electrons. The van der Waals surface area contributed by atoms with Crippen molar-refractivity contribution in [2.45, 2.75) is 12.8 Å². The number of fused-ring (bicyclic) bond motifs is 1. The van der Waals surface area contributed by atoms with E-state index in [2.05, 4.69) is 20.9 Å². The standard InChI is InChI=1S/C23H26ClN5O/c24-18-6-3-7-19(15-18)27-11-13-28(14-12-27)22(30)17-5-4-10-29(16-17)23-25-20-8-1-2-9-21(20)26-23/h1-3,6-9,15,17H,4-5,10-14,16H2,(H,25,26). The van der Waals surface area contributed by atoms with Crippen LogP contribution in [-0.2, 0) is 4.79 Å². The number of imidazole rings is 1. The molecule has 5 rings (SSSR count). The van der Waals surface area contributed by atoms with Crippen molar-refractivity contribution in [3.8, 4) is 0 Å². The van der Waals surface area contributed by atoms with E-state index in [1.54, 1.807) is 0 Å². The molecule has 1 N–H and O–H groups in total. The Morgan fingerprint density at radius 3 is 2.63 bits per heavy atom. The topological polar surface area (TPSA) is 55.5 Å².